The summed E-state index contributed by atoms with van der Waals surface area (Å²) < 4.78 is 0. The van der Waals surface area contributed by atoms with Gasteiger partial charge >= 0.3 is 0 Å². The zero-order valence-electron chi connectivity index (χ0n) is 11.2. The summed E-state index contributed by atoms with van der Waals surface area (Å²) in [6.07, 6.45) is 4.39. The van der Waals surface area contributed by atoms with Gasteiger partial charge in [-0.05, 0) is 49.4 Å². The first-order valence-corrected chi connectivity index (χ1v) is 6.89. The van der Waals surface area contributed by atoms with Gasteiger partial charge in [0.1, 0.15) is 0 Å². The second-order valence-corrected chi connectivity index (χ2v) is 4.98. The van der Waals surface area contributed by atoms with Crippen molar-refractivity contribution in [3.63, 3.8) is 0 Å². The SMILES string of the molecule is CCC(=O)Nc1ccc(NC(CC)C2CC2)cc1. The Morgan fingerprint density at radius 1 is 1.22 bits per heavy atom. The van der Waals surface area contributed by atoms with Crippen LogP contribution in [-0.4, -0.2) is 11.9 Å². The molecule has 3 nitrogen and oxygen atoms in total. The van der Waals surface area contributed by atoms with Gasteiger partial charge in [0.2, 0.25) is 5.91 Å². The van der Waals surface area contributed by atoms with E-state index in [-0.39, 0.29) is 5.91 Å². The molecule has 0 saturated heterocycles. The molecule has 1 saturated carbocycles. The summed E-state index contributed by atoms with van der Waals surface area (Å²) in [6, 6.07) is 8.58. The van der Waals surface area contributed by atoms with Crippen molar-refractivity contribution in [3.05, 3.63) is 24.3 Å². The topological polar surface area (TPSA) is 41.1 Å². The van der Waals surface area contributed by atoms with Crippen molar-refractivity contribution in [1.82, 2.24) is 0 Å². The van der Waals surface area contributed by atoms with E-state index < -0.39 is 0 Å². The Labute approximate surface area is 109 Å². The van der Waals surface area contributed by atoms with Gasteiger partial charge in [-0.15, -0.1) is 0 Å². The Morgan fingerprint density at radius 3 is 2.33 bits per heavy atom. The quantitative estimate of drug-likeness (QED) is 0.804. The molecule has 1 fully saturated rings. The Bertz CT molecular complexity index is 395. The molecule has 0 bridgehead atoms. The number of carbonyl (C=O) groups is 1. The lowest BCUT2D eigenvalue weighted by Crippen LogP contribution is -2.20. The lowest BCUT2D eigenvalue weighted by Gasteiger charge is -2.17. The molecule has 1 unspecified atom stereocenters. The number of nitrogens with one attached hydrogen (secondary N) is 2. The summed E-state index contributed by atoms with van der Waals surface area (Å²) in [5, 5.41) is 6.43. The lowest BCUT2D eigenvalue weighted by molar-refractivity contribution is -0.115. The van der Waals surface area contributed by atoms with Crippen LogP contribution in [0.3, 0.4) is 0 Å². The zero-order chi connectivity index (χ0) is 13.0. The molecule has 1 aliphatic rings. The van der Waals surface area contributed by atoms with Crippen LogP contribution in [0.15, 0.2) is 24.3 Å². The number of hydrogen-bond acceptors (Lipinski definition) is 2. The molecule has 0 radical (unpaired) electrons. The Morgan fingerprint density at radius 2 is 1.83 bits per heavy atom. The first kappa shape index (κ1) is 12.9. The molecule has 1 aromatic carbocycles. The van der Waals surface area contributed by atoms with Crippen molar-refractivity contribution in [1.29, 1.82) is 0 Å². The molecule has 1 aliphatic carbocycles. The van der Waals surface area contributed by atoms with Crippen LogP contribution in [0.4, 0.5) is 11.4 Å². The van der Waals surface area contributed by atoms with Gasteiger partial charge in [0, 0.05) is 23.8 Å². The van der Waals surface area contributed by atoms with Crippen LogP contribution in [0, 0.1) is 5.92 Å². The van der Waals surface area contributed by atoms with Crippen molar-refractivity contribution < 1.29 is 4.79 Å². The molecule has 1 aromatic rings. The second-order valence-electron chi connectivity index (χ2n) is 4.98. The number of amides is 1. The van der Waals surface area contributed by atoms with E-state index in [1.54, 1.807) is 0 Å². The molecular weight excluding hydrogens is 224 g/mol. The lowest BCUT2D eigenvalue weighted by atomic mass is 10.1. The van der Waals surface area contributed by atoms with Crippen LogP contribution >= 0.6 is 0 Å². The maximum absolute atomic E-state index is 11.3. The van der Waals surface area contributed by atoms with E-state index in [2.05, 4.69) is 17.6 Å². The third-order valence-electron chi connectivity index (χ3n) is 3.47. The van der Waals surface area contributed by atoms with Crippen LogP contribution in [-0.2, 0) is 4.79 Å². The van der Waals surface area contributed by atoms with Gasteiger partial charge in [-0.1, -0.05) is 13.8 Å². The predicted octanol–water partition coefficient (Wildman–Crippen LogP) is 3.64. The van der Waals surface area contributed by atoms with E-state index in [1.165, 1.54) is 19.3 Å². The highest BCUT2D eigenvalue weighted by molar-refractivity contribution is 5.90. The number of rotatable bonds is 6. The van der Waals surface area contributed by atoms with Gasteiger partial charge in [-0.25, -0.2) is 0 Å². The molecule has 18 heavy (non-hydrogen) atoms. The highest BCUT2D eigenvalue weighted by Crippen LogP contribution is 2.35. The van der Waals surface area contributed by atoms with E-state index in [4.69, 9.17) is 0 Å². The first-order valence-electron chi connectivity index (χ1n) is 6.89. The molecule has 1 atom stereocenters. The normalized spacial score (nSPS) is 16.1. The fraction of sp³-hybridized carbons (Fsp3) is 0.533. The minimum atomic E-state index is 0.0557. The standard InChI is InChI=1S/C15H22N2O/c1-3-14(11-5-6-11)16-12-7-9-13(10-8-12)17-15(18)4-2/h7-11,14,16H,3-6H2,1-2H3,(H,17,18). The molecule has 0 heterocycles. The van der Waals surface area contributed by atoms with Crippen molar-refractivity contribution in [2.75, 3.05) is 10.6 Å². The summed E-state index contributed by atoms with van der Waals surface area (Å²) in [5.41, 5.74) is 2.01. The molecule has 0 aromatic heterocycles. The molecule has 1 amide bonds. The third-order valence-corrected chi connectivity index (χ3v) is 3.47. The molecule has 98 valence electrons. The monoisotopic (exact) mass is 246 g/mol. The predicted molar refractivity (Wildman–Crippen MR) is 75.8 cm³/mol. The Hall–Kier alpha value is -1.51. The molecule has 0 spiro atoms. The van der Waals surface area contributed by atoms with Crippen molar-refractivity contribution in [2.24, 2.45) is 5.92 Å². The van der Waals surface area contributed by atoms with E-state index in [0.717, 1.165) is 17.3 Å². The van der Waals surface area contributed by atoms with Gasteiger partial charge in [0.25, 0.3) is 0 Å². The number of hydrogen-bond donors (Lipinski definition) is 2. The fourth-order valence-corrected chi connectivity index (χ4v) is 2.17. The minimum Gasteiger partial charge on any atom is -0.382 e. The van der Waals surface area contributed by atoms with E-state index in [0.29, 0.717) is 12.5 Å². The number of carbonyl (C=O) groups excluding carboxylic acids is 1. The summed E-state index contributed by atoms with van der Waals surface area (Å²) in [7, 11) is 0. The fourth-order valence-electron chi connectivity index (χ4n) is 2.17. The number of benzene rings is 1. The van der Waals surface area contributed by atoms with E-state index in [9.17, 15) is 4.79 Å². The summed E-state index contributed by atoms with van der Waals surface area (Å²) in [5.74, 6) is 0.912. The maximum Gasteiger partial charge on any atom is 0.224 e. The minimum absolute atomic E-state index is 0.0557. The molecule has 0 aliphatic heterocycles. The average molecular weight is 246 g/mol. The average Bonchev–Trinajstić information content (AvgIpc) is 3.22. The molecule has 2 N–H and O–H groups in total. The van der Waals surface area contributed by atoms with Crippen LogP contribution < -0.4 is 10.6 Å². The maximum atomic E-state index is 11.3. The Kier molecular flexibility index (Phi) is 4.24. The summed E-state index contributed by atoms with van der Waals surface area (Å²) in [4.78, 5) is 11.3. The summed E-state index contributed by atoms with van der Waals surface area (Å²) in [6.45, 7) is 4.08. The Balaban J connectivity index is 1.92. The largest absolute Gasteiger partial charge is 0.382 e. The number of anilines is 2. The summed E-state index contributed by atoms with van der Waals surface area (Å²) >= 11 is 0. The van der Waals surface area contributed by atoms with Crippen molar-refractivity contribution in [3.8, 4) is 0 Å². The van der Waals surface area contributed by atoms with Crippen molar-refractivity contribution in [2.45, 2.75) is 45.6 Å². The third kappa shape index (κ3) is 3.49. The van der Waals surface area contributed by atoms with E-state index in [1.807, 2.05) is 31.2 Å². The highest BCUT2D eigenvalue weighted by atomic mass is 16.1. The first-order chi connectivity index (χ1) is 8.72. The van der Waals surface area contributed by atoms with Crippen molar-refractivity contribution >= 4 is 17.3 Å². The van der Waals surface area contributed by atoms with Crippen LogP contribution in [0.1, 0.15) is 39.5 Å². The van der Waals surface area contributed by atoms with Gasteiger partial charge in [-0.3, -0.25) is 4.79 Å². The van der Waals surface area contributed by atoms with Gasteiger partial charge in [0.05, 0.1) is 0 Å². The highest BCUT2D eigenvalue weighted by Gasteiger charge is 2.29. The molecule has 3 heteroatoms. The smallest absolute Gasteiger partial charge is 0.224 e. The van der Waals surface area contributed by atoms with Crippen LogP contribution in [0.2, 0.25) is 0 Å². The van der Waals surface area contributed by atoms with Gasteiger partial charge in [0.15, 0.2) is 0 Å². The van der Waals surface area contributed by atoms with Gasteiger partial charge in [-0.2, -0.15) is 0 Å². The zero-order valence-corrected chi connectivity index (χ0v) is 11.2. The molecular formula is C15H22N2O. The second kappa shape index (κ2) is 5.89. The van der Waals surface area contributed by atoms with E-state index >= 15 is 0 Å². The van der Waals surface area contributed by atoms with Crippen LogP contribution in [0.25, 0.3) is 0 Å². The van der Waals surface area contributed by atoms with Crippen LogP contribution in [0.5, 0.6) is 0 Å². The van der Waals surface area contributed by atoms with Gasteiger partial charge < -0.3 is 10.6 Å². The molecule has 2 rings (SSSR count).